The molecule has 0 saturated heterocycles. The lowest BCUT2D eigenvalue weighted by Gasteiger charge is -2.40. The first kappa shape index (κ1) is 24.7. The molecule has 0 unspecified atom stereocenters. The van der Waals surface area contributed by atoms with Gasteiger partial charge in [0.25, 0.3) is 0 Å². The second-order valence-electron chi connectivity index (χ2n) is 8.60. The van der Waals surface area contributed by atoms with E-state index in [4.69, 9.17) is 11.6 Å². The maximum absolute atomic E-state index is 14.8. The molecule has 178 valence electrons. The molecule has 1 aromatic carbocycles. The average molecular weight is 483 g/mol. The largest absolute Gasteiger partial charge is 0.396 e. The minimum absolute atomic E-state index is 0.0151. The van der Waals surface area contributed by atoms with Gasteiger partial charge in [0.1, 0.15) is 11.6 Å². The summed E-state index contributed by atoms with van der Waals surface area (Å²) in [6.07, 6.45) is -6.50. The molecule has 3 rings (SSSR count). The van der Waals surface area contributed by atoms with Crippen molar-refractivity contribution >= 4 is 23.4 Å². The lowest BCUT2D eigenvalue weighted by Crippen LogP contribution is -2.50. The number of hydrogen-bond donors (Lipinski definition) is 3. The van der Waals surface area contributed by atoms with Crippen molar-refractivity contribution < 1.29 is 36.6 Å². The Morgan fingerprint density at radius 1 is 1.19 bits per heavy atom. The molecular weight excluding hydrogens is 459 g/mol. The highest BCUT2D eigenvalue weighted by Gasteiger charge is 2.62. The van der Waals surface area contributed by atoms with Crippen molar-refractivity contribution in [2.24, 2.45) is 11.3 Å². The van der Waals surface area contributed by atoms with Crippen LogP contribution >= 0.6 is 11.6 Å². The molecule has 4 atom stereocenters. The maximum Gasteiger partial charge on any atom is 0.396 e. The van der Waals surface area contributed by atoms with E-state index in [1.54, 1.807) is 0 Å². The van der Waals surface area contributed by atoms with E-state index in [0.29, 0.717) is 0 Å². The van der Waals surface area contributed by atoms with Gasteiger partial charge >= 0.3 is 6.18 Å². The summed E-state index contributed by atoms with van der Waals surface area (Å²) < 4.78 is 72.4. The smallest absolute Gasteiger partial charge is 0.391 e. The summed E-state index contributed by atoms with van der Waals surface area (Å²) in [7, 11) is 0. The van der Waals surface area contributed by atoms with Gasteiger partial charge in [0.15, 0.2) is 0 Å². The summed E-state index contributed by atoms with van der Waals surface area (Å²) in [5, 5.41) is 14.3. The standard InChI is InChI=1S/C21H24ClF5N2O3/c1-10(30)28-14-8-11(9-15(14)31)19(32)29-18(16-13(23)5-4-12(22)17(16)24)20(21(25,26)27)6-2-3-7-20/h4-5,11,14-15,18,31H,2-3,6-9H2,1H3,(H,28,30)(H,29,32)/t11-,14-,15+,18+/m0/s1. The first-order valence-electron chi connectivity index (χ1n) is 10.3. The monoisotopic (exact) mass is 482 g/mol. The molecule has 2 fully saturated rings. The van der Waals surface area contributed by atoms with E-state index in [0.717, 1.165) is 12.1 Å². The summed E-state index contributed by atoms with van der Waals surface area (Å²) in [6, 6.07) is -1.11. The SMILES string of the molecule is CC(=O)N[C@H]1C[C@H](C(=O)N[C@H](c2c(F)ccc(Cl)c2F)C2(C(F)(F)F)CCCC2)C[C@H]1O. The van der Waals surface area contributed by atoms with Gasteiger partial charge in [0.05, 0.1) is 28.6 Å². The number of nitrogens with one attached hydrogen (secondary N) is 2. The summed E-state index contributed by atoms with van der Waals surface area (Å²) in [4.78, 5) is 24.2. The number of carbonyl (C=O) groups is 2. The van der Waals surface area contributed by atoms with Crippen molar-refractivity contribution in [2.75, 3.05) is 0 Å². The third kappa shape index (κ3) is 4.57. The first-order chi connectivity index (χ1) is 14.9. The Balaban J connectivity index is 1.99. The molecule has 3 N–H and O–H groups in total. The molecule has 1 aromatic rings. The summed E-state index contributed by atoms with van der Waals surface area (Å²) in [5.74, 6) is -4.85. The Morgan fingerprint density at radius 3 is 2.38 bits per heavy atom. The first-order valence-corrected chi connectivity index (χ1v) is 10.7. The van der Waals surface area contributed by atoms with Gasteiger partial charge in [-0.3, -0.25) is 9.59 Å². The van der Waals surface area contributed by atoms with Crippen LogP contribution in [0.1, 0.15) is 57.1 Å². The number of rotatable bonds is 5. The number of amides is 2. The number of aliphatic hydroxyl groups is 1. The van der Waals surface area contributed by atoms with Gasteiger partial charge in [-0.15, -0.1) is 0 Å². The fourth-order valence-electron chi connectivity index (χ4n) is 4.94. The van der Waals surface area contributed by atoms with Gasteiger partial charge in [-0.25, -0.2) is 8.78 Å². The molecule has 2 amide bonds. The van der Waals surface area contributed by atoms with E-state index in [-0.39, 0.29) is 25.7 Å². The van der Waals surface area contributed by atoms with Gasteiger partial charge in [-0.05, 0) is 37.8 Å². The van der Waals surface area contributed by atoms with Crippen molar-refractivity contribution in [3.05, 3.63) is 34.4 Å². The number of alkyl halides is 3. The van der Waals surface area contributed by atoms with Crippen LogP contribution in [0.3, 0.4) is 0 Å². The average Bonchev–Trinajstić information content (AvgIpc) is 3.32. The minimum Gasteiger partial charge on any atom is -0.391 e. The highest BCUT2D eigenvalue weighted by atomic mass is 35.5. The molecular formula is C21H24ClF5N2O3. The van der Waals surface area contributed by atoms with Gasteiger partial charge in [0.2, 0.25) is 11.8 Å². The van der Waals surface area contributed by atoms with Crippen molar-refractivity contribution in [2.45, 2.75) is 69.8 Å². The second kappa shape index (κ2) is 9.13. The van der Waals surface area contributed by atoms with Crippen LogP contribution in [0.5, 0.6) is 0 Å². The Bertz CT molecular complexity index is 889. The molecule has 0 bridgehead atoms. The zero-order valence-corrected chi connectivity index (χ0v) is 18.0. The van der Waals surface area contributed by atoms with Gasteiger partial charge in [-0.1, -0.05) is 24.4 Å². The Hall–Kier alpha value is -1.94. The number of halogens is 6. The summed E-state index contributed by atoms with van der Waals surface area (Å²) >= 11 is 5.74. The van der Waals surface area contributed by atoms with Crippen LogP contribution in [0.2, 0.25) is 5.02 Å². The Morgan fingerprint density at radius 2 is 1.81 bits per heavy atom. The molecule has 2 aliphatic carbocycles. The van der Waals surface area contributed by atoms with Crippen LogP contribution in [0.15, 0.2) is 12.1 Å². The molecule has 0 radical (unpaired) electrons. The van der Waals surface area contributed by atoms with Gasteiger partial charge < -0.3 is 15.7 Å². The molecule has 0 heterocycles. The van der Waals surface area contributed by atoms with E-state index in [2.05, 4.69) is 10.6 Å². The van der Waals surface area contributed by atoms with Crippen molar-refractivity contribution in [1.29, 1.82) is 0 Å². The number of hydrogen-bond acceptors (Lipinski definition) is 3. The number of benzene rings is 1. The van der Waals surface area contributed by atoms with E-state index in [1.165, 1.54) is 6.92 Å². The van der Waals surface area contributed by atoms with Gasteiger partial charge in [-0.2, -0.15) is 13.2 Å². The topological polar surface area (TPSA) is 78.4 Å². The fourth-order valence-corrected chi connectivity index (χ4v) is 5.11. The number of aliphatic hydroxyl groups excluding tert-OH is 1. The van der Waals surface area contributed by atoms with Crippen LogP contribution in [0.25, 0.3) is 0 Å². The van der Waals surface area contributed by atoms with Crippen molar-refractivity contribution in [1.82, 2.24) is 10.6 Å². The lowest BCUT2D eigenvalue weighted by atomic mass is 9.74. The highest BCUT2D eigenvalue weighted by Crippen LogP contribution is 2.58. The second-order valence-corrected chi connectivity index (χ2v) is 9.01. The molecule has 0 aliphatic heterocycles. The van der Waals surface area contributed by atoms with Crippen molar-refractivity contribution in [3.63, 3.8) is 0 Å². The van der Waals surface area contributed by atoms with Gasteiger partial charge in [0, 0.05) is 18.4 Å². The maximum atomic E-state index is 14.8. The third-order valence-electron chi connectivity index (χ3n) is 6.56. The molecule has 2 aliphatic rings. The molecule has 11 heteroatoms. The number of carbonyl (C=O) groups excluding carboxylic acids is 2. The normalized spacial score (nSPS) is 26.1. The van der Waals surface area contributed by atoms with E-state index < -0.39 is 82.6 Å². The molecule has 5 nitrogen and oxygen atoms in total. The Kier molecular flexibility index (Phi) is 7.05. The zero-order valence-electron chi connectivity index (χ0n) is 17.2. The van der Waals surface area contributed by atoms with E-state index in [1.807, 2.05) is 0 Å². The van der Waals surface area contributed by atoms with Crippen LogP contribution in [0.4, 0.5) is 22.0 Å². The van der Waals surface area contributed by atoms with Crippen molar-refractivity contribution in [3.8, 4) is 0 Å². The van der Waals surface area contributed by atoms with Crippen LogP contribution in [-0.4, -0.2) is 35.2 Å². The van der Waals surface area contributed by atoms with Crippen LogP contribution in [-0.2, 0) is 9.59 Å². The predicted molar refractivity (Wildman–Crippen MR) is 106 cm³/mol. The molecule has 32 heavy (non-hydrogen) atoms. The summed E-state index contributed by atoms with van der Waals surface area (Å²) in [6.45, 7) is 1.23. The fraction of sp³-hybridized carbons (Fsp3) is 0.619. The predicted octanol–water partition coefficient (Wildman–Crippen LogP) is 4.17. The van der Waals surface area contributed by atoms with E-state index >= 15 is 0 Å². The quantitative estimate of drug-likeness (QED) is 0.435. The third-order valence-corrected chi connectivity index (χ3v) is 6.85. The lowest BCUT2D eigenvalue weighted by molar-refractivity contribution is -0.234. The van der Waals surface area contributed by atoms with Crippen LogP contribution < -0.4 is 10.6 Å². The zero-order chi connectivity index (χ0) is 23.8. The Labute approximate surface area is 186 Å². The van der Waals surface area contributed by atoms with E-state index in [9.17, 15) is 36.6 Å². The highest BCUT2D eigenvalue weighted by molar-refractivity contribution is 6.30. The molecule has 0 aromatic heterocycles. The molecule has 2 saturated carbocycles. The minimum atomic E-state index is -4.85. The summed E-state index contributed by atoms with van der Waals surface area (Å²) in [5.41, 5.74) is -3.49. The molecule has 0 spiro atoms. The van der Waals surface area contributed by atoms with Crippen LogP contribution in [0, 0.1) is 23.0 Å².